The lowest BCUT2D eigenvalue weighted by atomic mass is 10.1. The number of hydrogen-bond acceptors (Lipinski definition) is 5. The molecule has 0 aliphatic carbocycles. The van der Waals surface area contributed by atoms with Gasteiger partial charge < -0.3 is 27.2 Å². The van der Waals surface area contributed by atoms with E-state index in [9.17, 15) is 19.2 Å². The Morgan fingerprint density at radius 2 is 1.60 bits per heavy atom. The molecule has 0 saturated carbocycles. The molecule has 10 heteroatoms. The summed E-state index contributed by atoms with van der Waals surface area (Å²) in [6.07, 6.45) is -1.03. The van der Waals surface area contributed by atoms with Crippen molar-refractivity contribution in [1.82, 2.24) is 5.32 Å². The molecule has 0 radical (unpaired) electrons. The summed E-state index contributed by atoms with van der Waals surface area (Å²) in [6, 6.07) is 4.92. The van der Waals surface area contributed by atoms with Crippen LogP contribution in [0.5, 0.6) is 0 Å². The molecule has 10 nitrogen and oxygen atoms in total. The van der Waals surface area contributed by atoms with E-state index in [1.165, 1.54) is 0 Å². The first-order chi connectivity index (χ1) is 11.7. The van der Waals surface area contributed by atoms with Crippen LogP contribution in [0.15, 0.2) is 24.3 Å². The lowest BCUT2D eigenvalue weighted by Crippen LogP contribution is -2.45. The first kappa shape index (κ1) is 19.6. The largest absolute Gasteiger partial charge is 0.481 e. The number of nitrogens with two attached hydrogens (primary N) is 2. The summed E-state index contributed by atoms with van der Waals surface area (Å²) in [4.78, 5) is 45.1. The average molecular weight is 349 g/mol. The van der Waals surface area contributed by atoms with Gasteiger partial charge in [0.25, 0.3) is 0 Å². The molecule has 3 amide bonds. The van der Waals surface area contributed by atoms with Crippen LogP contribution >= 0.6 is 0 Å². The van der Waals surface area contributed by atoms with Crippen molar-refractivity contribution >= 4 is 35.2 Å². The number of benzene rings is 1. The van der Waals surface area contributed by atoms with E-state index in [0.717, 1.165) is 0 Å². The summed E-state index contributed by atoms with van der Waals surface area (Å²) < 4.78 is 0. The fourth-order valence-corrected chi connectivity index (χ4v) is 1.85. The molecule has 1 atom stereocenters. The zero-order chi connectivity index (χ0) is 19.0. The normalized spacial score (nSPS) is 11.2. The lowest BCUT2D eigenvalue weighted by Gasteiger charge is -2.13. The van der Waals surface area contributed by atoms with Gasteiger partial charge in [-0.3, -0.25) is 24.6 Å². The van der Waals surface area contributed by atoms with Crippen molar-refractivity contribution in [3.63, 3.8) is 0 Å². The molecule has 0 aliphatic heterocycles. The van der Waals surface area contributed by atoms with Crippen molar-refractivity contribution in [3.05, 3.63) is 29.8 Å². The number of primary amides is 1. The Morgan fingerprint density at radius 1 is 1.04 bits per heavy atom. The van der Waals surface area contributed by atoms with Crippen LogP contribution in [0.3, 0.4) is 0 Å². The van der Waals surface area contributed by atoms with E-state index in [1.54, 1.807) is 24.3 Å². The third-order valence-electron chi connectivity index (χ3n) is 3.12. The quantitative estimate of drug-likeness (QED) is 0.248. The zero-order valence-corrected chi connectivity index (χ0v) is 13.2. The Balaban J connectivity index is 2.47. The van der Waals surface area contributed by atoms with E-state index in [1.807, 2.05) is 0 Å². The molecule has 0 fully saturated rings. The highest BCUT2D eigenvalue weighted by Crippen LogP contribution is 2.10. The summed E-state index contributed by atoms with van der Waals surface area (Å²) in [7, 11) is 0. The van der Waals surface area contributed by atoms with Crippen LogP contribution < -0.4 is 22.1 Å². The standard InChI is InChI=1S/C15H19N5O5/c16-14(17)8-1-3-9(4-2-8)19-11(21)5-6-12(22)20-10(15(18)25)7-13(23)24/h1-4,10H,5-7H2,(H3,16,17)(H2,18,25)(H,19,21)(H,20,22)(H,23,24). The summed E-state index contributed by atoms with van der Waals surface area (Å²) in [5, 5.41) is 20.6. The number of rotatable bonds is 9. The number of hydrogen-bond donors (Lipinski definition) is 6. The van der Waals surface area contributed by atoms with Gasteiger partial charge in [-0.1, -0.05) is 0 Å². The van der Waals surface area contributed by atoms with Gasteiger partial charge in [-0.15, -0.1) is 0 Å². The SMILES string of the molecule is N=C(N)c1ccc(NC(=O)CCC(=O)NC(CC(=O)O)C(N)=O)cc1. The minimum Gasteiger partial charge on any atom is -0.481 e. The second-order valence-corrected chi connectivity index (χ2v) is 5.16. The number of carbonyl (C=O) groups excluding carboxylic acids is 3. The number of amidine groups is 1. The predicted molar refractivity (Wildman–Crippen MR) is 88.7 cm³/mol. The second-order valence-electron chi connectivity index (χ2n) is 5.16. The first-order valence-corrected chi connectivity index (χ1v) is 7.24. The van der Waals surface area contributed by atoms with Gasteiger partial charge in [-0.05, 0) is 24.3 Å². The van der Waals surface area contributed by atoms with E-state index in [2.05, 4.69) is 10.6 Å². The van der Waals surface area contributed by atoms with Gasteiger partial charge in [0.1, 0.15) is 11.9 Å². The van der Waals surface area contributed by atoms with E-state index < -0.39 is 36.2 Å². The molecule has 134 valence electrons. The van der Waals surface area contributed by atoms with Crippen LogP contribution in [0.25, 0.3) is 0 Å². The molecule has 8 N–H and O–H groups in total. The van der Waals surface area contributed by atoms with Crippen molar-refractivity contribution in [3.8, 4) is 0 Å². The molecule has 0 saturated heterocycles. The van der Waals surface area contributed by atoms with Gasteiger partial charge >= 0.3 is 5.97 Å². The molecular formula is C15H19N5O5. The van der Waals surface area contributed by atoms with E-state index >= 15 is 0 Å². The first-order valence-electron chi connectivity index (χ1n) is 7.24. The Morgan fingerprint density at radius 3 is 2.08 bits per heavy atom. The van der Waals surface area contributed by atoms with Gasteiger partial charge in [-0.25, -0.2) is 0 Å². The van der Waals surface area contributed by atoms with Crippen LogP contribution in [-0.2, 0) is 19.2 Å². The Labute approximate surface area is 143 Å². The van der Waals surface area contributed by atoms with Crippen LogP contribution in [-0.4, -0.2) is 40.7 Å². The third-order valence-corrected chi connectivity index (χ3v) is 3.12. The number of carbonyl (C=O) groups is 4. The highest BCUT2D eigenvalue weighted by molar-refractivity contribution is 5.97. The molecule has 1 unspecified atom stereocenters. The fourth-order valence-electron chi connectivity index (χ4n) is 1.85. The predicted octanol–water partition coefficient (Wildman–Crippen LogP) is -0.866. The number of aliphatic carboxylic acids is 1. The third kappa shape index (κ3) is 7.12. The van der Waals surface area contributed by atoms with E-state index in [-0.39, 0.29) is 18.7 Å². The summed E-state index contributed by atoms with van der Waals surface area (Å²) in [5.74, 6) is -3.45. The van der Waals surface area contributed by atoms with E-state index in [4.69, 9.17) is 22.0 Å². The van der Waals surface area contributed by atoms with Crippen LogP contribution in [0.2, 0.25) is 0 Å². The molecule has 1 aromatic carbocycles. The summed E-state index contributed by atoms with van der Waals surface area (Å²) in [6.45, 7) is 0. The maximum atomic E-state index is 11.8. The van der Waals surface area contributed by atoms with Crippen molar-refractivity contribution in [2.75, 3.05) is 5.32 Å². The average Bonchev–Trinajstić information content (AvgIpc) is 2.52. The smallest absolute Gasteiger partial charge is 0.305 e. The number of anilines is 1. The molecule has 0 aliphatic rings. The maximum Gasteiger partial charge on any atom is 0.305 e. The minimum atomic E-state index is -1.33. The molecule has 1 aromatic rings. The van der Waals surface area contributed by atoms with Crippen LogP contribution in [0, 0.1) is 5.41 Å². The molecular weight excluding hydrogens is 330 g/mol. The van der Waals surface area contributed by atoms with Crippen molar-refractivity contribution in [2.45, 2.75) is 25.3 Å². The maximum absolute atomic E-state index is 11.8. The number of carboxylic acids is 1. The molecule has 0 spiro atoms. The fraction of sp³-hybridized carbons (Fsp3) is 0.267. The van der Waals surface area contributed by atoms with Gasteiger partial charge in [0.05, 0.1) is 6.42 Å². The van der Waals surface area contributed by atoms with Gasteiger partial charge in [0.15, 0.2) is 0 Å². The molecule has 1 rings (SSSR count). The highest BCUT2D eigenvalue weighted by atomic mass is 16.4. The molecule has 0 bridgehead atoms. The minimum absolute atomic E-state index is 0.0973. The topological polar surface area (TPSA) is 188 Å². The number of amides is 3. The zero-order valence-electron chi connectivity index (χ0n) is 13.2. The monoisotopic (exact) mass is 349 g/mol. The lowest BCUT2D eigenvalue weighted by molar-refractivity contribution is -0.140. The Kier molecular flexibility index (Phi) is 7.07. The summed E-state index contributed by atoms with van der Waals surface area (Å²) >= 11 is 0. The number of nitrogen functional groups attached to an aromatic ring is 1. The van der Waals surface area contributed by atoms with Gasteiger partial charge in [-0.2, -0.15) is 0 Å². The molecule has 25 heavy (non-hydrogen) atoms. The number of carboxylic acid groups (broad SMARTS) is 1. The van der Waals surface area contributed by atoms with Crippen molar-refractivity contribution < 1.29 is 24.3 Å². The number of nitrogens with one attached hydrogen (secondary N) is 3. The molecule has 0 aromatic heterocycles. The van der Waals surface area contributed by atoms with E-state index in [0.29, 0.717) is 11.3 Å². The summed E-state index contributed by atoms with van der Waals surface area (Å²) in [5.41, 5.74) is 11.3. The Hall–Kier alpha value is -3.43. The Bertz CT molecular complexity index is 686. The highest BCUT2D eigenvalue weighted by Gasteiger charge is 2.21. The van der Waals surface area contributed by atoms with Crippen molar-refractivity contribution in [2.24, 2.45) is 11.5 Å². The van der Waals surface area contributed by atoms with Crippen molar-refractivity contribution in [1.29, 1.82) is 5.41 Å². The van der Waals surface area contributed by atoms with Gasteiger partial charge in [0, 0.05) is 24.1 Å². The second kappa shape index (κ2) is 9.01. The molecule has 0 heterocycles. The van der Waals surface area contributed by atoms with Crippen LogP contribution in [0.1, 0.15) is 24.8 Å². The van der Waals surface area contributed by atoms with Crippen LogP contribution in [0.4, 0.5) is 5.69 Å². The van der Waals surface area contributed by atoms with Gasteiger partial charge in [0.2, 0.25) is 17.7 Å².